The number of benzene rings is 2. The number of carbonyl (C=O) groups excluding carboxylic acids is 1. The Kier molecular flexibility index (Phi) is 6.94. The number of rotatable bonds is 7. The van der Waals surface area contributed by atoms with Gasteiger partial charge in [0.1, 0.15) is 23.2 Å². The van der Waals surface area contributed by atoms with E-state index in [1.54, 1.807) is 12.1 Å². The second-order valence-electron chi connectivity index (χ2n) is 6.65. The normalized spacial score (nSPS) is 15.3. The first-order chi connectivity index (χ1) is 14.1. The van der Waals surface area contributed by atoms with E-state index < -0.39 is 5.97 Å². The maximum absolute atomic E-state index is 12.0. The SMILES string of the molecule is CCNC(=NCc1ccc(OC)c(C(=O)OC)c1)NCC1Cc2ccccc2O1. The van der Waals surface area contributed by atoms with Gasteiger partial charge in [0.15, 0.2) is 5.96 Å². The fourth-order valence-corrected chi connectivity index (χ4v) is 3.21. The number of carbonyl (C=O) groups is 1. The number of ether oxygens (including phenoxy) is 3. The van der Waals surface area contributed by atoms with Gasteiger partial charge in [0.2, 0.25) is 0 Å². The van der Waals surface area contributed by atoms with Crippen molar-refractivity contribution in [1.29, 1.82) is 0 Å². The van der Waals surface area contributed by atoms with Crippen LogP contribution in [0.2, 0.25) is 0 Å². The third kappa shape index (κ3) is 5.19. The molecule has 0 saturated heterocycles. The molecule has 0 aromatic heterocycles. The van der Waals surface area contributed by atoms with Crippen LogP contribution in [0.1, 0.15) is 28.4 Å². The molecule has 2 aromatic carbocycles. The second-order valence-corrected chi connectivity index (χ2v) is 6.65. The highest BCUT2D eigenvalue weighted by atomic mass is 16.5. The number of esters is 1. The van der Waals surface area contributed by atoms with E-state index in [2.05, 4.69) is 21.7 Å². The summed E-state index contributed by atoms with van der Waals surface area (Å²) in [4.78, 5) is 16.6. The average Bonchev–Trinajstić information content (AvgIpc) is 3.18. The first-order valence-corrected chi connectivity index (χ1v) is 9.66. The van der Waals surface area contributed by atoms with Crippen LogP contribution >= 0.6 is 0 Å². The van der Waals surface area contributed by atoms with Gasteiger partial charge in [-0.25, -0.2) is 9.79 Å². The molecule has 1 unspecified atom stereocenters. The van der Waals surface area contributed by atoms with Crippen molar-refractivity contribution in [2.24, 2.45) is 4.99 Å². The summed E-state index contributed by atoms with van der Waals surface area (Å²) < 4.78 is 16.0. The topological polar surface area (TPSA) is 81.2 Å². The number of fused-ring (bicyclic) bond motifs is 1. The van der Waals surface area contributed by atoms with E-state index in [4.69, 9.17) is 14.2 Å². The van der Waals surface area contributed by atoms with Gasteiger partial charge in [0, 0.05) is 13.0 Å². The maximum Gasteiger partial charge on any atom is 0.341 e. The highest BCUT2D eigenvalue weighted by Crippen LogP contribution is 2.27. The fourth-order valence-electron chi connectivity index (χ4n) is 3.21. The Labute approximate surface area is 171 Å². The average molecular weight is 397 g/mol. The van der Waals surface area contributed by atoms with Gasteiger partial charge in [-0.3, -0.25) is 0 Å². The van der Waals surface area contributed by atoms with E-state index in [1.807, 2.05) is 31.2 Å². The molecule has 0 fully saturated rings. The van der Waals surface area contributed by atoms with Gasteiger partial charge in [-0.15, -0.1) is 0 Å². The molecule has 7 nitrogen and oxygen atoms in total. The first kappa shape index (κ1) is 20.5. The van der Waals surface area contributed by atoms with E-state index in [0.29, 0.717) is 30.4 Å². The van der Waals surface area contributed by atoms with Crippen LogP contribution in [0, 0.1) is 0 Å². The fraction of sp³-hybridized carbons (Fsp3) is 0.364. The summed E-state index contributed by atoms with van der Waals surface area (Å²) in [5.41, 5.74) is 2.50. The van der Waals surface area contributed by atoms with E-state index in [0.717, 1.165) is 24.3 Å². The molecule has 29 heavy (non-hydrogen) atoms. The highest BCUT2D eigenvalue weighted by molar-refractivity contribution is 5.92. The summed E-state index contributed by atoms with van der Waals surface area (Å²) >= 11 is 0. The number of aliphatic imine (C=N–C) groups is 1. The molecule has 2 N–H and O–H groups in total. The number of nitrogens with one attached hydrogen (secondary N) is 2. The second kappa shape index (κ2) is 9.82. The Morgan fingerprint density at radius 1 is 1.21 bits per heavy atom. The third-order valence-corrected chi connectivity index (χ3v) is 4.64. The maximum atomic E-state index is 12.0. The molecular formula is C22H27N3O4. The number of hydrogen-bond acceptors (Lipinski definition) is 5. The molecule has 0 amide bonds. The van der Waals surface area contributed by atoms with Crippen molar-refractivity contribution in [1.82, 2.24) is 10.6 Å². The minimum absolute atomic E-state index is 0.0724. The van der Waals surface area contributed by atoms with Gasteiger partial charge in [-0.1, -0.05) is 24.3 Å². The van der Waals surface area contributed by atoms with E-state index in [-0.39, 0.29) is 6.10 Å². The van der Waals surface area contributed by atoms with Gasteiger partial charge in [-0.2, -0.15) is 0 Å². The van der Waals surface area contributed by atoms with E-state index in [1.165, 1.54) is 19.8 Å². The minimum atomic E-state index is -0.435. The lowest BCUT2D eigenvalue weighted by Crippen LogP contribution is -2.42. The van der Waals surface area contributed by atoms with Crippen molar-refractivity contribution in [2.45, 2.75) is 26.0 Å². The summed E-state index contributed by atoms with van der Waals surface area (Å²) in [5, 5.41) is 6.57. The predicted octanol–water partition coefficient (Wildman–Crippen LogP) is 2.54. The zero-order valence-corrected chi connectivity index (χ0v) is 17.0. The Morgan fingerprint density at radius 2 is 2.03 bits per heavy atom. The van der Waals surface area contributed by atoms with E-state index in [9.17, 15) is 4.79 Å². The monoisotopic (exact) mass is 397 g/mol. The van der Waals surface area contributed by atoms with Crippen molar-refractivity contribution in [3.05, 3.63) is 59.2 Å². The lowest BCUT2D eigenvalue weighted by atomic mass is 10.1. The smallest absolute Gasteiger partial charge is 0.341 e. The molecule has 1 aliphatic heterocycles. The summed E-state index contributed by atoms with van der Waals surface area (Å²) in [5.74, 6) is 1.69. The Hall–Kier alpha value is -3.22. The summed E-state index contributed by atoms with van der Waals surface area (Å²) in [6, 6.07) is 13.5. The predicted molar refractivity (Wildman–Crippen MR) is 112 cm³/mol. The van der Waals surface area contributed by atoms with Gasteiger partial charge in [0.05, 0.1) is 27.3 Å². The van der Waals surface area contributed by atoms with Crippen LogP contribution in [0.3, 0.4) is 0 Å². The van der Waals surface area contributed by atoms with Crippen molar-refractivity contribution in [2.75, 3.05) is 27.3 Å². The standard InChI is InChI=1S/C22H27N3O4/c1-4-23-22(25-14-17-12-16-7-5-6-8-19(16)29-17)24-13-15-9-10-20(27-2)18(11-15)21(26)28-3/h5-11,17H,4,12-14H2,1-3H3,(H2,23,24,25). The number of nitrogens with zero attached hydrogens (tertiary/aromatic N) is 1. The quantitative estimate of drug-likeness (QED) is 0.425. The number of hydrogen-bond donors (Lipinski definition) is 2. The molecule has 154 valence electrons. The van der Waals surface area contributed by atoms with Crippen molar-refractivity contribution in [3.8, 4) is 11.5 Å². The van der Waals surface area contributed by atoms with Crippen molar-refractivity contribution < 1.29 is 19.0 Å². The molecule has 0 aliphatic carbocycles. The molecule has 1 heterocycles. The Bertz CT molecular complexity index is 857. The molecule has 7 heteroatoms. The molecule has 1 aliphatic rings. The van der Waals surface area contributed by atoms with Crippen LogP contribution in [-0.4, -0.2) is 45.3 Å². The van der Waals surface area contributed by atoms with Gasteiger partial charge < -0.3 is 24.8 Å². The van der Waals surface area contributed by atoms with Crippen LogP contribution in [0.25, 0.3) is 0 Å². The van der Waals surface area contributed by atoms with Crippen LogP contribution in [-0.2, 0) is 17.7 Å². The van der Waals surface area contributed by atoms with Gasteiger partial charge >= 0.3 is 5.97 Å². The highest BCUT2D eigenvalue weighted by Gasteiger charge is 2.22. The zero-order valence-electron chi connectivity index (χ0n) is 17.0. The summed E-state index contributed by atoms with van der Waals surface area (Å²) in [6.07, 6.45) is 0.951. The first-order valence-electron chi connectivity index (χ1n) is 9.66. The molecule has 0 radical (unpaired) electrons. The molecule has 0 bridgehead atoms. The summed E-state index contributed by atoms with van der Waals surface area (Å²) in [7, 11) is 2.87. The molecular weight excluding hydrogens is 370 g/mol. The number of para-hydroxylation sites is 1. The molecule has 1 atom stereocenters. The van der Waals surface area contributed by atoms with Crippen LogP contribution < -0.4 is 20.1 Å². The summed E-state index contributed by atoms with van der Waals surface area (Å²) in [6.45, 7) is 3.82. The van der Waals surface area contributed by atoms with Gasteiger partial charge in [-0.05, 0) is 36.2 Å². The number of methoxy groups -OCH3 is 2. The third-order valence-electron chi connectivity index (χ3n) is 4.64. The van der Waals surface area contributed by atoms with Gasteiger partial charge in [0.25, 0.3) is 0 Å². The van der Waals surface area contributed by atoms with Crippen LogP contribution in [0.5, 0.6) is 11.5 Å². The van der Waals surface area contributed by atoms with E-state index >= 15 is 0 Å². The molecule has 0 spiro atoms. The molecule has 2 aromatic rings. The molecule has 0 saturated carbocycles. The van der Waals surface area contributed by atoms with Crippen LogP contribution in [0.4, 0.5) is 0 Å². The largest absolute Gasteiger partial charge is 0.496 e. The lowest BCUT2D eigenvalue weighted by molar-refractivity contribution is 0.0597. The minimum Gasteiger partial charge on any atom is -0.496 e. The van der Waals surface area contributed by atoms with Crippen LogP contribution in [0.15, 0.2) is 47.5 Å². The number of guanidine groups is 1. The molecule has 3 rings (SSSR count). The lowest BCUT2D eigenvalue weighted by Gasteiger charge is -2.15. The van der Waals surface area contributed by atoms with Crippen molar-refractivity contribution in [3.63, 3.8) is 0 Å². The Morgan fingerprint density at radius 3 is 2.76 bits per heavy atom. The van der Waals surface area contributed by atoms with Crippen molar-refractivity contribution >= 4 is 11.9 Å². The zero-order chi connectivity index (χ0) is 20.6. The Balaban J connectivity index is 1.63.